The lowest BCUT2D eigenvalue weighted by Gasteiger charge is -2.32. The Balaban J connectivity index is 1.86. The molecule has 0 saturated heterocycles. The Kier molecular flexibility index (Phi) is 4.02. The van der Waals surface area contributed by atoms with Crippen LogP contribution in [0.3, 0.4) is 0 Å². The van der Waals surface area contributed by atoms with E-state index in [1.54, 1.807) is 0 Å². The first kappa shape index (κ1) is 14.8. The van der Waals surface area contributed by atoms with Crippen LogP contribution in [0.2, 0.25) is 0 Å². The van der Waals surface area contributed by atoms with E-state index in [4.69, 9.17) is 9.73 Å². The van der Waals surface area contributed by atoms with Crippen LogP contribution < -0.4 is 0 Å². The first-order valence-electron chi connectivity index (χ1n) is 7.87. The molecule has 2 nitrogen and oxygen atoms in total. The average molecular weight is 293 g/mol. The molecule has 22 heavy (non-hydrogen) atoms. The molecule has 0 aliphatic carbocycles. The van der Waals surface area contributed by atoms with Crippen molar-refractivity contribution in [3.63, 3.8) is 0 Å². The third-order valence-corrected chi connectivity index (χ3v) is 4.15. The second-order valence-corrected chi connectivity index (χ2v) is 6.95. The highest BCUT2D eigenvalue weighted by atomic mass is 16.5. The van der Waals surface area contributed by atoms with E-state index in [-0.39, 0.29) is 11.5 Å². The van der Waals surface area contributed by atoms with Crippen LogP contribution in [-0.2, 0) is 17.8 Å². The molecule has 1 aliphatic rings. The topological polar surface area (TPSA) is 21.6 Å². The van der Waals surface area contributed by atoms with E-state index >= 15 is 0 Å². The van der Waals surface area contributed by atoms with Gasteiger partial charge < -0.3 is 4.74 Å². The van der Waals surface area contributed by atoms with E-state index in [2.05, 4.69) is 57.2 Å². The van der Waals surface area contributed by atoms with Crippen molar-refractivity contribution in [2.75, 3.05) is 0 Å². The molecule has 0 radical (unpaired) electrons. The molecule has 0 saturated carbocycles. The number of benzene rings is 2. The molecule has 1 atom stereocenters. The lowest BCUT2D eigenvalue weighted by molar-refractivity contribution is 0.268. The average Bonchev–Trinajstić information content (AvgIpc) is 2.52. The fourth-order valence-corrected chi connectivity index (χ4v) is 2.71. The van der Waals surface area contributed by atoms with Gasteiger partial charge in [0, 0.05) is 5.56 Å². The van der Waals surface area contributed by atoms with Crippen LogP contribution in [0.25, 0.3) is 0 Å². The smallest absolute Gasteiger partial charge is 0.216 e. The summed E-state index contributed by atoms with van der Waals surface area (Å²) in [7, 11) is 0. The molecule has 2 aromatic carbocycles. The second-order valence-electron chi connectivity index (χ2n) is 6.95. The van der Waals surface area contributed by atoms with Gasteiger partial charge in [-0.25, -0.2) is 4.99 Å². The maximum Gasteiger partial charge on any atom is 0.216 e. The minimum atomic E-state index is 0.134. The number of ether oxygens (including phenoxy) is 1. The van der Waals surface area contributed by atoms with Crippen LogP contribution in [0.1, 0.15) is 37.5 Å². The van der Waals surface area contributed by atoms with Gasteiger partial charge in [0.25, 0.3) is 0 Å². The van der Waals surface area contributed by atoms with Crippen molar-refractivity contribution in [3.05, 3.63) is 71.3 Å². The molecule has 2 aromatic rings. The fourth-order valence-electron chi connectivity index (χ4n) is 2.71. The highest BCUT2D eigenvalue weighted by Gasteiger charge is 2.30. The van der Waals surface area contributed by atoms with Crippen molar-refractivity contribution in [3.8, 4) is 0 Å². The molecule has 0 amide bonds. The van der Waals surface area contributed by atoms with Crippen molar-refractivity contribution in [2.45, 2.75) is 39.8 Å². The van der Waals surface area contributed by atoms with E-state index in [0.717, 1.165) is 17.9 Å². The van der Waals surface area contributed by atoms with Crippen molar-refractivity contribution in [1.29, 1.82) is 0 Å². The third kappa shape index (κ3) is 3.22. The van der Waals surface area contributed by atoms with Crippen molar-refractivity contribution >= 4 is 5.90 Å². The Morgan fingerprint density at radius 2 is 1.68 bits per heavy atom. The summed E-state index contributed by atoms with van der Waals surface area (Å²) < 4.78 is 6.07. The molecule has 0 fully saturated rings. The SMILES string of the molecule is CC(C)(C)C1Cc2ccccc2C(OCc2ccccc2)=N1. The standard InChI is InChI=1S/C20H23NO/c1-20(2,3)18-13-16-11-7-8-12-17(16)19(21-18)22-14-15-9-5-4-6-10-15/h4-12,18H,13-14H2,1-3H3. The van der Waals surface area contributed by atoms with E-state index in [0.29, 0.717) is 6.61 Å². The first-order valence-corrected chi connectivity index (χ1v) is 7.87. The lowest BCUT2D eigenvalue weighted by atomic mass is 9.81. The zero-order valence-corrected chi connectivity index (χ0v) is 13.5. The quantitative estimate of drug-likeness (QED) is 0.791. The molecule has 1 heterocycles. The van der Waals surface area contributed by atoms with Crippen LogP contribution in [0.4, 0.5) is 0 Å². The zero-order chi connectivity index (χ0) is 15.6. The van der Waals surface area contributed by atoms with E-state index in [1.807, 2.05) is 18.2 Å². The van der Waals surface area contributed by atoms with Gasteiger partial charge in [-0.1, -0.05) is 69.3 Å². The summed E-state index contributed by atoms with van der Waals surface area (Å²) in [6, 6.07) is 19.0. The molecule has 0 aromatic heterocycles. The minimum absolute atomic E-state index is 0.134. The van der Waals surface area contributed by atoms with Gasteiger partial charge in [-0.2, -0.15) is 0 Å². The molecular weight excluding hydrogens is 270 g/mol. The lowest BCUT2D eigenvalue weighted by Crippen LogP contribution is -2.32. The second kappa shape index (κ2) is 5.96. The summed E-state index contributed by atoms with van der Waals surface area (Å²) in [6.07, 6.45) is 0.984. The summed E-state index contributed by atoms with van der Waals surface area (Å²) in [5.41, 5.74) is 3.77. The van der Waals surface area contributed by atoms with Crippen molar-refractivity contribution in [2.24, 2.45) is 10.4 Å². The highest BCUT2D eigenvalue weighted by molar-refractivity contribution is 5.96. The van der Waals surface area contributed by atoms with Gasteiger partial charge in [0.15, 0.2) is 0 Å². The predicted octanol–water partition coefficient (Wildman–Crippen LogP) is 4.62. The van der Waals surface area contributed by atoms with Gasteiger partial charge in [0.2, 0.25) is 5.90 Å². The van der Waals surface area contributed by atoms with Crippen molar-refractivity contribution < 1.29 is 4.74 Å². The van der Waals surface area contributed by atoms with Crippen LogP contribution in [0.5, 0.6) is 0 Å². The fraction of sp³-hybridized carbons (Fsp3) is 0.350. The van der Waals surface area contributed by atoms with Gasteiger partial charge in [0.1, 0.15) is 6.61 Å². The molecule has 114 valence electrons. The molecule has 1 unspecified atom stereocenters. The van der Waals surface area contributed by atoms with Crippen molar-refractivity contribution in [1.82, 2.24) is 0 Å². The van der Waals surface area contributed by atoms with E-state index < -0.39 is 0 Å². The number of hydrogen-bond donors (Lipinski definition) is 0. The van der Waals surface area contributed by atoms with Gasteiger partial charge in [-0.15, -0.1) is 0 Å². The molecular formula is C20H23NO. The Labute approximate surface area is 132 Å². The maximum atomic E-state index is 6.07. The Morgan fingerprint density at radius 1 is 1.00 bits per heavy atom. The number of nitrogens with zero attached hydrogens (tertiary/aromatic N) is 1. The van der Waals surface area contributed by atoms with E-state index in [9.17, 15) is 0 Å². The highest BCUT2D eigenvalue weighted by Crippen LogP contribution is 2.31. The summed E-state index contributed by atoms with van der Waals surface area (Å²) >= 11 is 0. The Bertz CT molecular complexity index is 668. The van der Waals surface area contributed by atoms with Gasteiger partial charge in [-0.05, 0) is 29.0 Å². The molecule has 2 heteroatoms. The minimum Gasteiger partial charge on any atom is -0.473 e. The molecule has 0 spiro atoms. The Hall–Kier alpha value is -2.09. The van der Waals surface area contributed by atoms with Gasteiger partial charge in [-0.3, -0.25) is 0 Å². The summed E-state index contributed by atoms with van der Waals surface area (Å²) in [6.45, 7) is 7.28. The molecule has 0 N–H and O–H groups in total. The van der Waals surface area contributed by atoms with Crippen LogP contribution in [0.15, 0.2) is 59.6 Å². The van der Waals surface area contributed by atoms with Crippen LogP contribution >= 0.6 is 0 Å². The predicted molar refractivity (Wildman–Crippen MR) is 91.2 cm³/mol. The third-order valence-electron chi connectivity index (χ3n) is 4.15. The van der Waals surface area contributed by atoms with Crippen LogP contribution in [-0.4, -0.2) is 11.9 Å². The zero-order valence-electron chi connectivity index (χ0n) is 13.5. The number of hydrogen-bond acceptors (Lipinski definition) is 2. The number of fused-ring (bicyclic) bond motifs is 1. The normalized spacial score (nSPS) is 17.6. The maximum absolute atomic E-state index is 6.07. The largest absolute Gasteiger partial charge is 0.473 e. The number of aliphatic imine (C=N–C) groups is 1. The molecule has 3 rings (SSSR count). The Morgan fingerprint density at radius 3 is 2.41 bits per heavy atom. The number of rotatable bonds is 2. The molecule has 0 bridgehead atoms. The van der Waals surface area contributed by atoms with Gasteiger partial charge in [0.05, 0.1) is 6.04 Å². The molecule has 1 aliphatic heterocycles. The summed E-state index contributed by atoms with van der Waals surface area (Å²) in [4.78, 5) is 4.90. The van der Waals surface area contributed by atoms with E-state index in [1.165, 1.54) is 11.1 Å². The van der Waals surface area contributed by atoms with Crippen LogP contribution in [0, 0.1) is 5.41 Å². The van der Waals surface area contributed by atoms with Gasteiger partial charge >= 0.3 is 0 Å². The first-order chi connectivity index (χ1) is 10.5. The summed E-state index contributed by atoms with van der Waals surface area (Å²) in [5, 5.41) is 0. The summed E-state index contributed by atoms with van der Waals surface area (Å²) in [5.74, 6) is 0.783. The monoisotopic (exact) mass is 293 g/mol.